The zero-order valence-electron chi connectivity index (χ0n) is 16.2. The third-order valence-electron chi connectivity index (χ3n) is 3.85. The Bertz CT molecular complexity index is 1100. The SMILES string of the molecule is O=C(c1ccccc1)c1cccccccnc1N=Nc1ccccccccn1. The van der Waals surface area contributed by atoms with Crippen LogP contribution in [0.1, 0.15) is 15.9 Å². The Morgan fingerprint density at radius 2 is 1.10 bits per heavy atom. The molecule has 0 aliphatic heterocycles. The van der Waals surface area contributed by atoms with Gasteiger partial charge in [0.1, 0.15) is 0 Å². The Kier molecular flexibility index (Phi) is 7.89. The molecule has 0 aliphatic carbocycles. The number of benzene rings is 1. The fourth-order valence-corrected chi connectivity index (χ4v) is 2.42. The van der Waals surface area contributed by atoms with Gasteiger partial charge >= 0.3 is 0 Å². The van der Waals surface area contributed by atoms with Crippen LogP contribution in [-0.4, -0.2) is 15.8 Å². The van der Waals surface area contributed by atoms with E-state index in [9.17, 15) is 4.79 Å². The van der Waals surface area contributed by atoms with Crippen LogP contribution in [0.2, 0.25) is 0 Å². The van der Waals surface area contributed by atoms with Crippen molar-refractivity contribution in [3.05, 3.63) is 133 Å². The molecule has 0 aliphatic rings. The Hall–Kier alpha value is -4.25. The lowest BCUT2D eigenvalue weighted by molar-refractivity contribution is 0.103. The van der Waals surface area contributed by atoms with E-state index in [-0.39, 0.29) is 11.6 Å². The van der Waals surface area contributed by atoms with E-state index in [4.69, 9.17) is 0 Å². The molecule has 30 heavy (non-hydrogen) atoms. The van der Waals surface area contributed by atoms with Crippen molar-refractivity contribution in [2.75, 3.05) is 0 Å². The number of hydrogen-bond acceptors (Lipinski definition) is 5. The van der Waals surface area contributed by atoms with Gasteiger partial charge in [-0.2, -0.15) is 0 Å². The Morgan fingerprint density at radius 1 is 0.567 bits per heavy atom. The van der Waals surface area contributed by atoms with E-state index in [0.29, 0.717) is 16.9 Å². The summed E-state index contributed by atoms with van der Waals surface area (Å²) in [5.74, 6) is 0.400. The van der Waals surface area contributed by atoms with Gasteiger partial charge in [0.2, 0.25) is 0 Å². The minimum Gasteiger partial charge on any atom is -0.288 e. The highest BCUT2D eigenvalue weighted by Gasteiger charge is 2.13. The van der Waals surface area contributed by atoms with Crippen LogP contribution in [0.5, 0.6) is 0 Å². The zero-order chi connectivity index (χ0) is 20.9. The molecule has 1 aromatic carbocycles. The van der Waals surface area contributed by atoms with Crippen LogP contribution in [-0.2, 0) is 0 Å². The molecule has 0 spiro atoms. The molecule has 5 heteroatoms. The number of rotatable bonds is 4. The van der Waals surface area contributed by atoms with Crippen LogP contribution in [0, 0.1) is 0 Å². The largest absolute Gasteiger partial charge is 0.288 e. The molecule has 5 nitrogen and oxygen atoms in total. The standard InChI is InChI=1S/C25H20N4O/c30-24(21-15-9-8-10-16-21)22-17-11-4-3-7-14-20-27-25(22)29-28-23-18-12-5-1-2-6-13-19-26-23/h1-20H. The number of aromatic nitrogens is 2. The van der Waals surface area contributed by atoms with Gasteiger partial charge in [-0.25, -0.2) is 9.97 Å². The molecule has 0 atom stereocenters. The first-order valence-electron chi connectivity index (χ1n) is 9.39. The van der Waals surface area contributed by atoms with Gasteiger partial charge in [0, 0.05) is 18.0 Å². The molecule has 0 radical (unpaired) electrons. The maximum absolute atomic E-state index is 13.1. The molecule has 0 saturated heterocycles. The summed E-state index contributed by atoms with van der Waals surface area (Å²) in [6.07, 6.45) is 3.21. The summed E-state index contributed by atoms with van der Waals surface area (Å²) < 4.78 is 0. The molecule has 146 valence electrons. The van der Waals surface area contributed by atoms with Gasteiger partial charge in [0.25, 0.3) is 0 Å². The van der Waals surface area contributed by atoms with E-state index in [0.717, 1.165) is 0 Å². The average Bonchev–Trinajstić information content (AvgIpc) is 2.80. The summed E-state index contributed by atoms with van der Waals surface area (Å²) in [6.45, 7) is 0. The molecule has 0 fully saturated rings. The molecular formula is C25H20N4O. The van der Waals surface area contributed by atoms with Crippen LogP contribution in [0.15, 0.2) is 132 Å². The van der Waals surface area contributed by atoms with Crippen LogP contribution in [0.3, 0.4) is 0 Å². The maximum Gasteiger partial charge on any atom is 0.196 e. The average molecular weight is 392 g/mol. The Balaban J connectivity index is 2.11. The molecule has 3 rings (SSSR count). The molecule has 0 bridgehead atoms. The Morgan fingerprint density at radius 3 is 1.83 bits per heavy atom. The summed E-state index contributed by atoms with van der Waals surface area (Å²) in [4.78, 5) is 21.7. The topological polar surface area (TPSA) is 67.6 Å². The highest BCUT2D eigenvalue weighted by molar-refractivity contribution is 6.11. The Labute approximate surface area is 175 Å². The van der Waals surface area contributed by atoms with E-state index >= 15 is 0 Å². The number of carbonyl (C=O) groups is 1. The van der Waals surface area contributed by atoms with Crippen molar-refractivity contribution in [2.24, 2.45) is 10.2 Å². The third kappa shape index (κ3) is 6.42. The molecule has 0 amide bonds. The van der Waals surface area contributed by atoms with Crippen molar-refractivity contribution in [1.29, 1.82) is 0 Å². The van der Waals surface area contributed by atoms with E-state index in [1.54, 1.807) is 54.9 Å². The molecule has 0 saturated carbocycles. The van der Waals surface area contributed by atoms with E-state index in [2.05, 4.69) is 20.2 Å². The number of nitrogens with zero attached hydrogens (tertiary/aromatic N) is 4. The van der Waals surface area contributed by atoms with E-state index in [1.165, 1.54) is 0 Å². The molecule has 2 heterocycles. The van der Waals surface area contributed by atoms with Crippen molar-refractivity contribution in [1.82, 2.24) is 9.97 Å². The quantitative estimate of drug-likeness (QED) is 0.382. The van der Waals surface area contributed by atoms with Crippen LogP contribution >= 0.6 is 0 Å². The van der Waals surface area contributed by atoms with Gasteiger partial charge in [-0.05, 0) is 24.3 Å². The summed E-state index contributed by atoms with van der Waals surface area (Å²) in [5.41, 5.74) is 0.886. The van der Waals surface area contributed by atoms with Gasteiger partial charge in [-0.3, -0.25) is 4.79 Å². The summed E-state index contributed by atoms with van der Waals surface area (Å²) in [7, 11) is 0. The molecule has 0 N–H and O–H groups in total. The van der Waals surface area contributed by atoms with Crippen LogP contribution < -0.4 is 0 Å². The predicted molar refractivity (Wildman–Crippen MR) is 118 cm³/mol. The minimum absolute atomic E-state index is 0.188. The smallest absolute Gasteiger partial charge is 0.196 e. The number of carbonyl (C=O) groups excluding carboxylic acids is 1. The van der Waals surface area contributed by atoms with Crippen molar-refractivity contribution in [3.8, 4) is 0 Å². The number of azo groups is 1. The fraction of sp³-hybridized carbons (Fsp3) is 0. The highest BCUT2D eigenvalue weighted by atomic mass is 16.1. The van der Waals surface area contributed by atoms with Gasteiger partial charge in [0.05, 0.1) is 5.56 Å². The van der Waals surface area contributed by atoms with Crippen molar-refractivity contribution >= 4 is 17.4 Å². The fourth-order valence-electron chi connectivity index (χ4n) is 2.42. The van der Waals surface area contributed by atoms with Crippen LogP contribution in [0.4, 0.5) is 11.6 Å². The molecule has 0 unspecified atom stereocenters. The van der Waals surface area contributed by atoms with Crippen molar-refractivity contribution < 1.29 is 4.79 Å². The maximum atomic E-state index is 13.1. The summed E-state index contributed by atoms with van der Waals surface area (Å²) >= 11 is 0. The molecule has 2 aromatic heterocycles. The van der Waals surface area contributed by atoms with Crippen molar-refractivity contribution in [3.63, 3.8) is 0 Å². The summed E-state index contributed by atoms with van der Waals surface area (Å²) in [5, 5.41) is 8.47. The van der Waals surface area contributed by atoms with E-state index in [1.807, 2.05) is 66.7 Å². The lowest BCUT2D eigenvalue weighted by atomic mass is 10.0. The lowest BCUT2D eigenvalue weighted by Gasteiger charge is -2.01. The first kappa shape index (κ1) is 20.5. The van der Waals surface area contributed by atoms with Gasteiger partial charge in [-0.15, -0.1) is 10.2 Å². The second kappa shape index (κ2) is 11.6. The number of ketones is 1. The minimum atomic E-state index is -0.188. The van der Waals surface area contributed by atoms with E-state index < -0.39 is 0 Å². The van der Waals surface area contributed by atoms with Gasteiger partial charge < -0.3 is 0 Å². The van der Waals surface area contributed by atoms with Crippen LogP contribution in [0.25, 0.3) is 0 Å². The monoisotopic (exact) mass is 392 g/mol. The highest BCUT2D eigenvalue weighted by Crippen LogP contribution is 2.20. The normalized spacial score (nSPS) is 10.0. The first-order valence-corrected chi connectivity index (χ1v) is 9.39. The second-order valence-corrected chi connectivity index (χ2v) is 6.00. The lowest BCUT2D eigenvalue weighted by Crippen LogP contribution is -2.01. The molecular weight excluding hydrogens is 372 g/mol. The third-order valence-corrected chi connectivity index (χ3v) is 3.85. The van der Waals surface area contributed by atoms with Gasteiger partial charge in [0.15, 0.2) is 17.4 Å². The molecule has 3 aromatic rings. The first-order chi connectivity index (χ1) is 14.8. The summed E-state index contributed by atoms with van der Waals surface area (Å²) in [6, 6.07) is 32.6. The predicted octanol–water partition coefficient (Wildman–Crippen LogP) is 6.37. The zero-order valence-corrected chi connectivity index (χ0v) is 16.2. The van der Waals surface area contributed by atoms with Gasteiger partial charge in [-0.1, -0.05) is 84.9 Å². The second-order valence-electron chi connectivity index (χ2n) is 6.00. The number of hydrogen-bond donors (Lipinski definition) is 0. The van der Waals surface area contributed by atoms with Crippen molar-refractivity contribution in [2.45, 2.75) is 0 Å².